The largest absolute Gasteiger partial charge is 0.454 e. The van der Waals surface area contributed by atoms with Gasteiger partial charge in [0, 0.05) is 25.2 Å². The maximum absolute atomic E-state index is 13.5. The zero-order valence-electron chi connectivity index (χ0n) is 20.4. The van der Waals surface area contributed by atoms with Crippen molar-refractivity contribution in [3.8, 4) is 11.5 Å². The number of likely N-dealkylation sites (N-methyl/N-ethyl adjacent to an activating group) is 1. The fourth-order valence-corrected chi connectivity index (χ4v) is 5.03. The lowest BCUT2D eigenvalue weighted by Gasteiger charge is -2.25. The number of amides is 3. The van der Waals surface area contributed by atoms with Gasteiger partial charge in [-0.3, -0.25) is 4.79 Å². The van der Waals surface area contributed by atoms with Gasteiger partial charge < -0.3 is 19.7 Å². The number of anilines is 1. The van der Waals surface area contributed by atoms with Gasteiger partial charge in [0.25, 0.3) is 10.0 Å². The summed E-state index contributed by atoms with van der Waals surface area (Å²) < 4.78 is 38.7. The summed E-state index contributed by atoms with van der Waals surface area (Å²) in [5.41, 5.74) is 1.76. The van der Waals surface area contributed by atoms with Gasteiger partial charge in [-0.15, -0.1) is 0 Å². The minimum atomic E-state index is -4.20. The molecular weight excluding hydrogens is 494 g/mol. The fraction of sp³-hybridized carbons (Fsp3) is 0.185. The molecule has 4 rings (SSSR count). The van der Waals surface area contributed by atoms with Crippen molar-refractivity contribution in [2.75, 3.05) is 18.7 Å². The van der Waals surface area contributed by atoms with Gasteiger partial charge in [0.1, 0.15) is 6.04 Å². The summed E-state index contributed by atoms with van der Waals surface area (Å²) in [4.78, 5) is 27.7. The van der Waals surface area contributed by atoms with Crippen LogP contribution in [-0.2, 0) is 21.2 Å². The van der Waals surface area contributed by atoms with Gasteiger partial charge in [-0.1, -0.05) is 60.7 Å². The second-order valence-corrected chi connectivity index (χ2v) is 9.94. The van der Waals surface area contributed by atoms with E-state index in [1.54, 1.807) is 62.5 Å². The molecule has 0 aliphatic carbocycles. The van der Waals surface area contributed by atoms with E-state index in [1.165, 1.54) is 11.0 Å². The van der Waals surface area contributed by atoms with Gasteiger partial charge in [-0.25, -0.2) is 17.9 Å². The lowest BCUT2D eigenvalue weighted by Crippen LogP contribution is -2.52. The van der Waals surface area contributed by atoms with E-state index >= 15 is 0 Å². The second kappa shape index (κ2) is 11.2. The molecule has 0 saturated carbocycles. The molecule has 0 spiro atoms. The Kier molecular flexibility index (Phi) is 7.78. The molecule has 3 amide bonds. The van der Waals surface area contributed by atoms with Crippen molar-refractivity contribution >= 4 is 33.7 Å². The summed E-state index contributed by atoms with van der Waals surface area (Å²) in [6, 6.07) is 18.4. The Morgan fingerprint density at radius 2 is 1.70 bits per heavy atom. The second-order valence-electron chi connectivity index (χ2n) is 8.29. The number of hydrogen-bond donors (Lipinski definition) is 2. The van der Waals surface area contributed by atoms with Crippen LogP contribution in [0, 0.1) is 0 Å². The molecule has 0 bridgehead atoms. The standard InChI is InChI=1S/C27H27N3O6S/c1-3-9-20-12-7-8-13-25(20)37(33,34)29-27(32)28-22(16-19-10-5-4-6-11-19)26(31)30(2)21-14-15-23-24(17-21)36-18-35-23/h3-15,17,22H,16,18H2,1-2H3,(H2,28,29,32). The number of benzene rings is 3. The summed E-state index contributed by atoms with van der Waals surface area (Å²) >= 11 is 0. The molecule has 2 N–H and O–H groups in total. The molecule has 0 saturated heterocycles. The van der Waals surface area contributed by atoms with Crippen molar-refractivity contribution in [3.63, 3.8) is 0 Å². The molecule has 0 fully saturated rings. The highest BCUT2D eigenvalue weighted by Gasteiger charge is 2.28. The van der Waals surface area contributed by atoms with E-state index in [0.717, 1.165) is 5.56 Å². The average molecular weight is 522 g/mol. The Hall–Kier alpha value is -4.31. The van der Waals surface area contributed by atoms with Gasteiger partial charge in [0.05, 0.1) is 4.90 Å². The average Bonchev–Trinajstić information content (AvgIpc) is 3.36. The minimum absolute atomic E-state index is 0.0494. The quantitative estimate of drug-likeness (QED) is 0.467. The van der Waals surface area contributed by atoms with Crippen LogP contribution in [0.4, 0.5) is 10.5 Å². The molecule has 1 heterocycles. The Bertz CT molecular complexity index is 1420. The number of urea groups is 1. The van der Waals surface area contributed by atoms with Crippen LogP contribution in [0.1, 0.15) is 18.1 Å². The number of ether oxygens (including phenoxy) is 2. The van der Waals surface area contributed by atoms with E-state index in [9.17, 15) is 18.0 Å². The number of nitrogens with one attached hydrogen (secondary N) is 2. The Balaban J connectivity index is 1.56. The van der Waals surface area contributed by atoms with Gasteiger partial charge in [-0.2, -0.15) is 0 Å². The van der Waals surface area contributed by atoms with Crippen molar-refractivity contribution in [2.24, 2.45) is 0 Å². The molecular formula is C27H27N3O6S. The summed E-state index contributed by atoms with van der Waals surface area (Å²) in [7, 11) is -2.63. The van der Waals surface area contributed by atoms with Crippen LogP contribution in [0.25, 0.3) is 6.08 Å². The number of rotatable bonds is 8. The van der Waals surface area contributed by atoms with E-state index in [1.807, 2.05) is 35.1 Å². The predicted molar refractivity (Wildman–Crippen MR) is 140 cm³/mol. The number of nitrogens with zero attached hydrogens (tertiary/aromatic N) is 1. The van der Waals surface area contributed by atoms with Gasteiger partial charge in [0.15, 0.2) is 11.5 Å². The zero-order chi connectivity index (χ0) is 26.4. The lowest BCUT2D eigenvalue weighted by atomic mass is 10.0. The molecule has 192 valence electrons. The summed E-state index contributed by atoms with van der Waals surface area (Å²) in [6.07, 6.45) is 3.49. The maximum atomic E-state index is 13.5. The molecule has 1 unspecified atom stereocenters. The van der Waals surface area contributed by atoms with E-state index < -0.39 is 28.0 Å². The highest BCUT2D eigenvalue weighted by Crippen LogP contribution is 2.35. The molecule has 0 aromatic heterocycles. The van der Waals surface area contributed by atoms with Crippen LogP contribution in [-0.4, -0.2) is 40.2 Å². The normalized spacial score (nSPS) is 13.2. The predicted octanol–water partition coefficient (Wildman–Crippen LogP) is 3.71. The minimum Gasteiger partial charge on any atom is -0.454 e. The number of hydrogen-bond acceptors (Lipinski definition) is 6. The number of allylic oxidation sites excluding steroid dienone is 1. The Labute approximate surface area is 215 Å². The van der Waals surface area contributed by atoms with Crippen LogP contribution in [0.3, 0.4) is 0 Å². The van der Waals surface area contributed by atoms with Crippen molar-refractivity contribution in [1.29, 1.82) is 0 Å². The third kappa shape index (κ3) is 6.10. The topological polar surface area (TPSA) is 114 Å². The fourth-order valence-electron chi connectivity index (χ4n) is 3.91. The Morgan fingerprint density at radius 1 is 1.00 bits per heavy atom. The van der Waals surface area contributed by atoms with Crippen molar-refractivity contribution in [1.82, 2.24) is 10.0 Å². The van der Waals surface area contributed by atoms with Gasteiger partial charge in [0.2, 0.25) is 12.7 Å². The van der Waals surface area contributed by atoms with Crippen LogP contribution >= 0.6 is 0 Å². The van der Waals surface area contributed by atoms with Crippen molar-refractivity contribution in [2.45, 2.75) is 24.3 Å². The van der Waals surface area contributed by atoms with Gasteiger partial charge >= 0.3 is 6.03 Å². The number of sulfonamides is 1. The Morgan fingerprint density at radius 3 is 2.46 bits per heavy atom. The number of carbonyl (C=O) groups is 2. The highest BCUT2D eigenvalue weighted by atomic mass is 32.2. The van der Waals surface area contributed by atoms with Crippen LogP contribution in [0.2, 0.25) is 0 Å². The van der Waals surface area contributed by atoms with E-state index in [4.69, 9.17) is 9.47 Å². The van der Waals surface area contributed by atoms with E-state index in [-0.39, 0.29) is 18.1 Å². The monoisotopic (exact) mass is 521 g/mol. The highest BCUT2D eigenvalue weighted by molar-refractivity contribution is 7.90. The molecule has 1 aliphatic heterocycles. The molecule has 10 heteroatoms. The first kappa shape index (κ1) is 25.8. The van der Waals surface area contributed by atoms with E-state index in [0.29, 0.717) is 22.7 Å². The molecule has 3 aromatic rings. The number of fused-ring (bicyclic) bond motifs is 1. The first-order chi connectivity index (χ1) is 17.8. The molecule has 37 heavy (non-hydrogen) atoms. The van der Waals surface area contributed by atoms with Crippen LogP contribution < -0.4 is 24.4 Å². The molecule has 3 aromatic carbocycles. The lowest BCUT2D eigenvalue weighted by molar-refractivity contribution is -0.120. The zero-order valence-corrected chi connectivity index (χ0v) is 21.2. The molecule has 9 nitrogen and oxygen atoms in total. The smallest absolute Gasteiger partial charge is 0.329 e. The summed E-state index contributed by atoms with van der Waals surface area (Å²) in [6.45, 7) is 1.86. The molecule has 1 atom stereocenters. The molecule has 0 radical (unpaired) electrons. The van der Waals surface area contributed by atoms with E-state index in [2.05, 4.69) is 5.32 Å². The van der Waals surface area contributed by atoms with Crippen LogP contribution in [0.5, 0.6) is 11.5 Å². The van der Waals surface area contributed by atoms with Crippen LogP contribution in [0.15, 0.2) is 83.8 Å². The summed E-state index contributed by atoms with van der Waals surface area (Å²) in [5, 5.41) is 2.55. The maximum Gasteiger partial charge on any atom is 0.329 e. The third-order valence-corrected chi connectivity index (χ3v) is 7.15. The molecule has 1 aliphatic rings. The van der Waals surface area contributed by atoms with Crippen molar-refractivity contribution < 1.29 is 27.5 Å². The van der Waals surface area contributed by atoms with Crippen molar-refractivity contribution in [3.05, 3.63) is 90.0 Å². The van der Waals surface area contributed by atoms with Gasteiger partial charge in [-0.05, 0) is 36.2 Å². The first-order valence-electron chi connectivity index (χ1n) is 11.5. The summed E-state index contributed by atoms with van der Waals surface area (Å²) in [5.74, 6) is 0.643. The SMILES string of the molecule is CC=Cc1ccccc1S(=O)(=O)NC(=O)NC(Cc1ccccc1)C(=O)N(C)c1ccc2c(c1)OCO2. The third-order valence-electron chi connectivity index (χ3n) is 5.74. The first-order valence-corrected chi connectivity index (χ1v) is 13.0. The number of carbonyl (C=O) groups excluding carboxylic acids is 2.